The molecule has 2 heterocycles. The number of ether oxygens (including phenoxy) is 2. The third-order valence-corrected chi connectivity index (χ3v) is 2.41. The summed E-state index contributed by atoms with van der Waals surface area (Å²) >= 11 is 0. The number of hydrogen-bond acceptors (Lipinski definition) is 4. The second-order valence-corrected chi connectivity index (χ2v) is 3.68. The van der Waals surface area contributed by atoms with E-state index in [0.717, 1.165) is 12.8 Å². The van der Waals surface area contributed by atoms with Crippen LogP contribution >= 0.6 is 49.6 Å². The Morgan fingerprint density at radius 3 is 1.14 bits per heavy atom. The Morgan fingerprint density at radius 2 is 1.05 bits per heavy atom. The van der Waals surface area contributed by atoms with Crippen molar-refractivity contribution >= 4 is 61.6 Å². The van der Waals surface area contributed by atoms with E-state index in [9.17, 15) is 9.59 Å². The average molecular weight is 426 g/mol. The Labute approximate surface area is 163 Å². The molecule has 128 valence electrons. The van der Waals surface area contributed by atoms with E-state index in [1.807, 2.05) is 0 Å². The maximum Gasteiger partial charge on any atom is 0.332 e. The molecular weight excluding hydrogens is 406 g/mol. The van der Waals surface area contributed by atoms with Crippen LogP contribution in [0.4, 0.5) is 0 Å². The minimum Gasteiger partial charge on any atom is -0.479 e. The molecule has 0 aromatic heterocycles. The van der Waals surface area contributed by atoms with Crippen molar-refractivity contribution in [3.8, 4) is 0 Å². The summed E-state index contributed by atoms with van der Waals surface area (Å²) in [5, 5.41) is 16.6. The molecule has 0 aliphatic carbocycles. The summed E-state index contributed by atoms with van der Waals surface area (Å²) in [7, 11) is 0. The minimum atomic E-state index is -0.831. The Morgan fingerprint density at radius 1 is 0.762 bits per heavy atom. The van der Waals surface area contributed by atoms with E-state index in [0.29, 0.717) is 26.1 Å². The number of carboxylic acids is 2. The zero-order valence-corrected chi connectivity index (χ0v) is 15.9. The van der Waals surface area contributed by atoms with Crippen LogP contribution in [0.2, 0.25) is 0 Å². The standard InChI is InChI=1S/2C5H8O3.4ClH.Ti/c2*6-5(7)4-2-1-3-8-4;;;;;/h2*4H,1-3H2,(H,6,7);4*1H;. The monoisotopic (exact) mass is 424 g/mol. The van der Waals surface area contributed by atoms with Gasteiger partial charge in [0.25, 0.3) is 0 Å². The van der Waals surface area contributed by atoms with Gasteiger partial charge in [-0.3, -0.25) is 0 Å². The normalized spacial score (nSPS) is 21.5. The van der Waals surface area contributed by atoms with Gasteiger partial charge in [-0.25, -0.2) is 9.59 Å². The van der Waals surface area contributed by atoms with Crippen molar-refractivity contribution in [3.63, 3.8) is 0 Å². The van der Waals surface area contributed by atoms with Crippen LogP contribution in [0.5, 0.6) is 0 Å². The van der Waals surface area contributed by atoms with Crippen molar-refractivity contribution in [1.82, 2.24) is 0 Å². The first-order valence-electron chi connectivity index (χ1n) is 5.30. The van der Waals surface area contributed by atoms with E-state index < -0.39 is 24.1 Å². The summed E-state index contributed by atoms with van der Waals surface area (Å²) in [4.78, 5) is 20.2. The molecule has 0 aromatic carbocycles. The second kappa shape index (κ2) is 18.8. The van der Waals surface area contributed by atoms with Crippen LogP contribution in [0.1, 0.15) is 25.7 Å². The molecule has 0 saturated carbocycles. The van der Waals surface area contributed by atoms with Gasteiger partial charge in [0, 0.05) is 34.9 Å². The number of rotatable bonds is 2. The fourth-order valence-corrected chi connectivity index (χ4v) is 1.54. The van der Waals surface area contributed by atoms with Gasteiger partial charge in [-0.2, -0.15) is 0 Å². The van der Waals surface area contributed by atoms with Crippen molar-refractivity contribution < 1.29 is 51.0 Å². The largest absolute Gasteiger partial charge is 0.479 e. The summed E-state index contributed by atoms with van der Waals surface area (Å²) in [6, 6.07) is 0. The first-order valence-corrected chi connectivity index (χ1v) is 5.30. The fraction of sp³-hybridized carbons (Fsp3) is 0.800. The summed E-state index contributed by atoms with van der Waals surface area (Å²) in [6.45, 7) is 1.22. The summed E-state index contributed by atoms with van der Waals surface area (Å²) in [6.07, 6.45) is 2.09. The van der Waals surface area contributed by atoms with E-state index in [-0.39, 0.29) is 71.3 Å². The van der Waals surface area contributed by atoms with Crippen LogP contribution < -0.4 is 0 Å². The van der Waals surface area contributed by atoms with Gasteiger partial charge in [0.2, 0.25) is 0 Å². The van der Waals surface area contributed by atoms with Crippen LogP contribution in [-0.4, -0.2) is 47.6 Å². The van der Waals surface area contributed by atoms with E-state index in [4.69, 9.17) is 19.7 Å². The Bertz CT molecular complexity index is 234. The second-order valence-electron chi connectivity index (χ2n) is 3.68. The third-order valence-electron chi connectivity index (χ3n) is 2.41. The van der Waals surface area contributed by atoms with Crippen molar-refractivity contribution in [2.75, 3.05) is 13.2 Å². The molecule has 2 N–H and O–H groups in total. The quantitative estimate of drug-likeness (QED) is 0.659. The predicted molar refractivity (Wildman–Crippen MR) is 82.2 cm³/mol. The molecule has 0 bridgehead atoms. The van der Waals surface area contributed by atoms with Crippen LogP contribution in [0.15, 0.2) is 0 Å². The van der Waals surface area contributed by atoms with Gasteiger partial charge in [0.1, 0.15) is 0 Å². The van der Waals surface area contributed by atoms with E-state index in [2.05, 4.69) is 0 Å². The van der Waals surface area contributed by atoms with Crippen molar-refractivity contribution in [1.29, 1.82) is 0 Å². The molecule has 6 nitrogen and oxygen atoms in total. The zero-order chi connectivity index (χ0) is 12.0. The molecule has 0 aromatic rings. The molecule has 0 spiro atoms. The first-order chi connectivity index (χ1) is 7.61. The van der Waals surface area contributed by atoms with Crippen molar-refractivity contribution in [3.05, 3.63) is 0 Å². The number of halogens is 4. The topological polar surface area (TPSA) is 93.1 Å². The van der Waals surface area contributed by atoms with Gasteiger partial charge >= 0.3 is 11.9 Å². The molecule has 0 radical (unpaired) electrons. The molecule has 2 aliphatic rings. The van der Waals surface area contributed by atoms with Gasteiger partial charge in [-0.1, -0.05) is 0 Å². The van der Waals surface area contributed by atoms with Crippen molar-refractivity contribution in [2.24, 2.45) is 0 Å². The molecule has 2 rings (SSSR count). The number of carboxylic acid groups (broad SMARTS) is 2. The van der Waals surface area contributed by atoms with E-state index in [1.54, 1.807) is 0 Å². The van der Waals surface area contributed by atoms with E-state index in [1.165, 1.54) is 0 Å². The van der Waals surface area contributed by atoms with Gasteiger partial charge < -0.3 is 19.7 Å². The molecule has 2 unspecified atom stereocenters. The van der Waals surface area contributed by atoms with Crippen LogP contribution in [0.3, 0.4) is 0 Å². The van der Waals surface area contributed by atoms with Crippen LogP contribution in [-0.2, 0) is 40.8 Å². The molecule has 21 heavy (non-hydrogen) atoms. The number of carbonyl (C=O) groups is 2. The Kier molecular flexibility index (Phi) is 29.8. The van der Waals surface area contributed by atoms with Gasteiger partial charge in [-0.05, 0) is 25.7 Å². The minimum absolute atomic E-state index is 0. The summed E-state index contributed by atoms with van der Waals surface area (Å²) in [5.74, 6) is -1.66. The Balaban J connectivity index is -0.0000000656. The molecule has 2 aliphatic heterocycles. The molecule has 0 amide bonds. The molecule has 2 atom stereocenters. The third kappa shape index (κ3) is 14.1. The molecule has 11 heteroatoms. The first kappa shape index (κ1) is 33.4. The molecular formula is C10H20Cl4O6Ti. The van der Waals surface area contributed by atoms with Crippen molar-refractivity contribution in [2.45, 2.75) is 37.9 Å². The van der Waals surface area contributed by atoms with E-state index >= 15 is 0 Å². The zero-order valence-electron chi connectivity index (χ0n) is 11.1. The average Bonchev–Trinajstić information content (AvgIpc) is 2.93. The van der Waals surface area contributed by atoms with Crippen LogP contribution in [0.25, 0.3) is 0 Å². The smallest absolute Gasteiger partial charge is 0.332 e. The van der Waals surface area contributed by atoms with Gasteiger partial charge in [-0.15, -0.1) is 49.6 Å². The molecule has 2 saturated heterocycles. The summed E-state index contributed by atoms with van der Waals surface area (Å²) < 4.78 is 9.63. The van der Waals surface area contributed by atoms with Gasteiger partial charge in [0.05, 0.1) is 0 Å². The summed E-state index contributed by atoms with van der Waals surface area (Å²) in [5.41, 5.74) is 0. The number of hydrogen-bond donors (Lipinski definition) is 2. The predicted octanol–water partition coefficient (Wildman–Crippen LogP) is 2.18. The Hall–Kier alpha value is 0.734. The molecule has 2 fully saturated rings. The maximum atomic E-state index is 10.1. The number of aliphatic carboxylic acids is 2. The fourth-order valence-electron chi connectivity index (χ4n) is 1.54. The SMILES string of the molecule is Cl.Cl.Cl.Cl.O=C(O)C1CCCO1.O=C(O)C1CCCO1.[Ti]. The maximum absolute atomic E-state index is 10.1. The van der Waals surface area contributed by atoms with Crippen LogP contribution in [0, 0.1) is 0 Å². The van der Waals surface area contributed by atoms with Gasteiger partial charge in [0.15, 0.2) is 12.2 Å².